The molecule has 0 saturated carbocycles. The van der Waals surface area contributed by atoms with E-state index in [-0.39, 0.29) is 18.6 Å². The van der Waals surface area contributed by atoms with E-state index in [0.29, 0.717) is 13.2 Å². The van der Waals surface area contributed by atoms with E-state index in [9.17, 15) is 4.79 Å². The molecule has 136 valence electrons. The predicted molar refractivity (Wildman–Crippen MR) is 106 cm³/mol. The van der Waals surface area contributed by atoms with Crippen LogP contribution in [-0.4, -0.2) is 37.2 Å². The molecule has 5 nitrogen and oxygen atoms in total. The zero-order valence-electron chi connectivity index (χ0n) is 14.3. The van der Waals surface area contributed by atoms with Crippen LogP contribution in [0.5, 0.6) is 17.2 Å². The second kappa shape index (κ2) is 7.73. The van der Waals surface area contributed by atoms with Gasteiger partial charge in [0.2, 0.25) is 0 Å². The number of ether oxygens (including phenoxy) is 3. The Morgan fingerprint density at radius 1 is 1.15 bits per heavy atom. The SMILES string of the molecule is O=C(COc1ccccc1I)N1CCCC1c1ccc2c(c1)OCCO2. The van der Waals surface area contributed by atoms with E-state index >= 15 is 0 Å². The molecule has 0 N–H and O–H groups in total. The first kappa shape index (κ1) is 17.5. The van der Waals surface area contributed by atoms with Gasteiger partial charge in [0.05, 0.1) is 9.61 Å². The summed E-state index contributed by atoms with van der Waals surface area (Å²) in [5.41, 5.74) is 1.09. The van der Waals surface area contributed by atoms with Gasteiger partial charge in [0.1, 0.15) is 19.0 Å². The number of hydrogen-bond acceptors (Lipinski definition) is 4. The molecule has 0 bridgehead atoms. The second-order valence-corrected chi connectivity index (χ2v) is 7.53. The first-order valence-electron chi connectivity index (χ1n) is 8.79. The summed E-state index contributed by atoms with van der Waals surface area (Å²) in [5, 5.41) is 0. The smallest absolute Gasteiger partial charge is 0.261 e. The summed E-state index contributed by atoms with van der Waals surface area (Å²) in [6.07, 6.45) is 1.95. The van der Waals surface area contributed by atoms with Gasteiger partial charge in [0.25, 0.3) is 5.91 Å². The Bertz CT molecular complexity index is 810. The Morgan fingerprint density at radius 3 is 2.81 bits per heavy atom. The molecule has 0 spiro atoms. The van der Waals surface area contributed by atoms with Crippen LogP contribution in [0.3, 0.4) is 0 Å². The highest BCUT2D eigenvalue weighted by molar-refractivity contribution is 14.1. The average Bonchev–Trinajstić information content (AvgIpc) is 3.17. The Kier molecular flexibility index (Phi) is 5.19. The van der Waals surface area contributed by atoms with Gasteiger partial charge in [-0.15, -0.1) is 0 Å². The van der Waals surface area contributed by atoms with Gasteiger partial charge in [-0.3, -0.25) is 4.79 Å². The maximum Gasteiger partial charge on any atom is 0.261 e. The molecule has 1 atom stereocenters. The highest BCUT2D eigenvalue weighted by Gasteiger charge is 2.31. The third kappa shape index (κ3) is 3.60. The Labute approximate surface area is 166 Å². The number of likely N-dealkylation sites (tertiary alicyclic amines) is 1. The van der Waals surface area contributed by atoms with Gasteiger partial charge in [0.15, 0.2) is 18.1 Å². The number of halogens is 1. The second-order valence-electron chi connectivity index (χ2n) is 6.37. The highest BCUT2D eigenvalue weighted by atomic mass is 127. The average molecular weight is 465 g/mol. The van der Waals surface area contributed by atoms with Gasteiger partial charge in [-0.25, -0.2) is 0 Å². The minimum absolute atomic E-state index is 0.0158. The maximum atomic E-state index is 12.7. The van der Waals surface area contributed by atoms with Crippen LogP contribution in [0.4, 0.5) is 0 Å². The zero-order chi connectivity index (χ0) is 17.9. The van der Waals surface area contributed by atoms with Crippen molar-refractivity contribution in [3.63, 3.8) is 0 Å². The molecule has 2 aliphatic rings. The van der Waals surface area contributed by atoms with Crippen LogP contribution in [0, 0.1) is 3.57 Å². The van der Waals surface area contributed by atoms with Gasteiger partial charge in [-0.2, -0.15) is 0 Å². The van der Waals surface area contributed by atoms with Gasteiger partial charge >= 0.3 is 0 Å². The molecule has 0 aromatic heterocycles. The minimum atomic E-state index is 0.0158. The lowest BCUT2D eigenvalue weighted by Gasteiger charge is -2.26. The molecule has 2 aliphatic heterocycles. The van der Waals surface area contributed by atoms with E-state index in [4.69, 9.17) is 14.2 Å². The molecule has 0 radical (unpaired) electrons. The van der Waals surface area contributed by atoms with Crippen molar-refractivity contribution in [1.82, 2.24) is 4.90 Å². The van der Waals surface area contributed by atoms with Crippen LogP contribution >= 0.6 is 22.6 Å². The van der Waals surface area contributed by atoms with Crippen molar-refractivity contribution in [2.75, 3.05) is 26.4 Å². The number of fused-ring (bicyclic) bond motifs is 1. The monoisotopic (exact) mass is 465 g/mol. The molecule has 0 aliphatic carbocycles. The van der Waals surface area contributed by atoms with Crippen LogP contribution < -0.4 is 14.2 Å². The molecule has 4 rings (SSSR count). The number of carbonyl (C=O) groups excluding carboxylic acids is 1. The largest absolute Gasteiger partial charge is 0.486 e. The maximum absolute atomic E-state index is 12.7. The van der Waals surface area contributed by atoms with Crippen molar-refractivity contribution in [1.29, 1.82) is 0 Å². The standard InChI is InChI=1S/C20H20INO4/c21-15-4-1-2-6-17(15)26-13-20(23)22-9-3-5-16(22)14-7-8-18-19(12-14)25-11-10-24-18/h1-2,4,6-8,12,16H,3,5,9-11,13H2. The topological polar surface area (TPSA) is 48.0 Å². The van der Waals surface area contributed by atoms with E-state index in [0.717, 1.165) is 45.8 Å². The lowest BCUT2D eigenvalue weighted by atomic mass is 10.0. The number of amides is 1. The summed E-state index contributed by atoms with van der Waals surface area (Å²) < 4.78 is 18.0. The molecule has 2 aromatic carbocycles. The summed E-state index contributed by atoms with van der Waals surface area (Å²) in [4.78, 5) is 14.7. The van der Waals surface area contributed by atoms with Gasteiger partial charge in [-0.05, 0) is 65.3 Å². The molecule has 26 heavy (non-hydrogen) atoms. The number of benzene rings is 2. The lowest BCUT2D eigenvalue weighted by Crippen LogP contribution is -2.34. The van der Waals surface area contributed by atoms with Crippen molar-refractivity contribution in [3.8, 4) is 17.2 Å². The summed E-state index contributed by atoms with van der Waals surface area (Å²) in [6.45, 7) is 1.96. The molecule has 6 heteroatoms. The first-order chi connectivity index (χ1) is 12.7. The molecule has 1 unspecified atom stereocenters. The number of rotatable bonds is 4. The van der Waals surface area contributed by atoms with Crippen molar-refractivity contribution in [2.24, 2.45) is 0 Å². The third-order valence-electron chi connectivity index (χ3n) is 4.71. The number of carbonyl (C=O) groups is 1. The van der Waals surface area contributed by atoms with E-state index < -0.39 is 0 Å². The molecule has 1 saturated heterocycles. The van der Waals surface area contributed by atoms with Crippen LogP contribution in [0.1, 0.15) is 24.4 Å². The predicted octanol–water partition coefficient (Wildman–Crippen LogP) is 3.80. The van der Waals surface area contributed by atoms with Crippen molar-refractivity contribution < 1.29 is 19.0 Å². The van der Waals surface area contributed by atoms with Crippen LogP contribution in [-0.2, 0) is 4.79 Å². The summed E-state index contributed by atoms with van der Waals surface area (Å²) in [7, 11) is 0. The fraction of sp³-hybridized carbons (Fsp3) is 0.350. The summed E-state index contributed by atoms with van der Waals surface area (Å²) >= 11 is 2.21. The third-order valence-corrected chi connectivity index (χ3v) is 5.60. The van der Waals surface area contributed by atoms with E-state index in [2.05, 4.69) is 22.6 Å². The number of nitrogens with zero attached hydrogens (tertiary/aromatic N) is 1. The van der Waals surface area contributed by atoms with Gasteiger partial charge in [-0.1, -0.05) is 18.2 Å². The van der Waals surface area contributed by atoms with Crippen LogP contribution in [0.2, 0.25) is 0 Å². The fourth-order valence-corrected chi connectivity index (χ4v) is 4.01. The number of para-hydroxylation sites is 1. The van der Waals surface area contributed by atoms with Crippen LogP contribution in [0.25, 0.3) is 0 Å². The molecule has 1 fully saturated rings. The highest BCUT2D eigenvalue weighted by Crippen LogP contribution is 2.38. The van der Waals surface area contributed by atoms with E-state index in [1.54, 1.807) is 0 Å². The Hall–Kier alpha value is -1.96. The van der Waals surface area contributed by atoms with Crippen molar-refractivity contribution in [3.05, 3.63) is 51.6 Å². The molecule has 1 amide bonds. The molecule has 2 heterocycles. The Morgan fingerprint density at radius 2 is 1.96 bits per heavy atom. The van der Waals surface area contributed by atoms with Crippen molar-refractivity contribution in [2.45, 2.75) is 18.9 Å². The minimum Gasteiger partial charge on any atom is -0.486 e. The zero-order valence-corrected chi connectivity index (χ0v) is 16.5. The normalized spacial score (nSPS) is 18.7. The van der Waals surface area contributed by atoms with Crippen molar-refractivity contribution >= 4 is 28.5 Å². The Balaban J connectivity index is 1.46. The number of hydrogen-bond donors (Lipinski definition) is 0. The lowest BCUT2D eigenvalue weighted by molar-refractivity contribution is -0.134. The van der Waals surface area contributed by atoms with Crippen LogP contribution in [0.15, 0.2) is 42.5 Å². The molecule has 2 aromatic rings. The van der Waals surface area contributed by atoms with E-state index in [1.165, 1.54) is 0 Å². The van der Waals surface area contributed by atoms with Gasteiger partial charge in [0, 0.05) is 6.54 Å². The fourth-order valence-electron chi connectivity index (χ4n) is 3.46. The quantitative estimate of drug-likeness (QED) is 0.645. The molecular formula is C20H20INO4. The van der Waals surface area contributed by atoms with Gasteiger partial charge < -0.3 is 19.1 Å². The summed E-state index contributed by atoms with van der Waals surface area (Å²) in [6, 6.07) is 13.8. The van der Waals surface area contributed by atoms with E-state index in [1.807, 2.05) is 47.4 Å². The first-order valence-corrected chi connectivity index (χ1v) is 9.86. The molecular weight excluding hydrogens is 445 g/mol. The summed E-state index contributed by atoms with van der Waals surface area (Å²) in [5.74, 6) is 2.31.